The normalized spacial score (nSPS) is 18.0. The second kappa shape index (κ2) is 6.31. The monoisotopic (exact) mass is 339 g/mol. The molecule has 5 heteroatoms. The zero-order chi connectivity index (χ0) is 17.4. The molecule has 0 N–H and O–H groups in total. The van der Waals surface area contributed by atoms with Gasteiger partial charge in [-0.25, -0.2) is 0 Å². The van der Waals surface area contributed by atoms with Gasteiger partial charge in [-0.2, -0.15) is 0 Å². The summed E-state index contributed by atoms with van der Waals surface area (Å²) in [5.74, 6) is 2.48. The van der Waals surface area contributed by atoms with E-state index in [9.17, 15) is 4.79 Å². The van der Waals surface area contributed by atoms with E-state index in [-0.39, 0.29) is 18.7 Å². The minimum atomic E-state index is 0.0244. The van der Waals surface area contributed by atoms with Crippen LogP contribution >= 0.6 is 0 Å². The Morgan fingerprint density at radius 2 is 2.04 bits per heavy atom. The van der Waals surface area contributed by atoms with Gasteiger partial charge in [0.2, 0.25) is 12.7 Å². The van der Waals surface area contributed by atoms with E-state index in [1.165, 1.54) is 5.56 Å². The first-order valence-electron chi connectivity index (χ1n) is 8.50. The Labute approximate surface area is 147 Å². The summed E-state index contributed by atoms with van der Waals surface area (Å²) in [6.45, 7) is 3.06. The molecule has 0 spiro atoms. The summed E-state index contributed by atoms with van der Waals surface area (Å²) in [7, 11) is 1.63. The fourth-order valence-electron chi connectivity index (χ4n) is 3.61. The number of fused-ring (bicyclic) bond motifs is 2. The van der Waals surface area contributed by atoms with E-state index in [0.29, 0.717) is 6.42 Å². The van der Waals surface area contributed by atoms with Crippen LogP contribution < -0.4 is 14.2 Å². The number of amides is 1. The Bertz CT molecular complexity index is 817. The Morgan fingerprint density at radius 3 is 2.84 bits per heavy atom. The van der Waals surface area contributed by atoms with Gasteiger partial charge in [-0.05, 0) is 54.3 Å². The van der Waals surface area contributed by atoms with E-state index in [1.807, 2.05) is 35.2 Å². The first kappa shape index (κ1) is 15.8. The largest absolute Gasteiger partial charge is 0.497 e. The molecule has 0 fully saturated rings. The number of carbonyl (C=O) groups is 1. The van der Waals surface area contributed by atoms with E-state index in [4.69, 9.17) is 14.2 Å². The Hall–Kier alpha value is -2.69. The van der Waals surface area contributed by atoms with E-state index in [1.54, 1.807) is 7.11 Å². The van der Waals surface area contributed by atoms with Crippen molar-refractivity contribution >= 4 is 5.91 Å². The average Bonchev–Trinajstić information content (AvgIpc) is 3.08. The molecule has 2 heterocycles. The van der Waals surface area contributed by atoms with E-state index in [2.05, 4.69) is 13.0 Å². The molecule has 130 valence electrons. The zero-order valence-electron chi connectivity index (χ0n) is 14.5. The molecule has 5 nitrogen and oxygen atoms in total. The van der Waals surface area contributed by atoms with Crippen LogP contribution in [0.3, 0.4) is 0 Å². The molecule has 2 aliphatic heterocycles. The smallest absolute Gasteiger partial charge is 0.231 e. The fourth-order valence-corrected chi connectivity index (χ4v) is 3.61. The quantitative estimate of drug-likeness (QED) is 0.862. The second-order valence-electron chi connectivity index (χ2n) is 6.45. The highest BCUT2D eigenvalue weighted by molar-refractivity contribution is 5.80. The van der Waals surface area contributed by atoms with Gasteiger partial charge in [0.1, 0.15) is 5.75 Å². The van der Waals surface area contributed by atoms with Gasteiger partial charge in [0, 0.05) is 6.54 Å². The number of nitrogens with zero attached hydrogens (tertiary/aromatic N) is 1. The Morgan fingerprint density at radius 1 is 1.24 bits per heavy atom. The van der Waals surface area contributed by atoms with Crippen LogP contribution in [0.4, 0.5) is 0 Å². The van der Waals surface area contributed by atoms with Crippen molar-refractivity contribution in [1.29, 1.82) is 0 Å². The number of benzene rings is 2. The van der Waals surface area contributed by atoms with Crippen LogP contribution in [0.15, 0.2) is 36.4 Å². The van der Waals surface area contributed by atoms with Crippen molar-refractivity contribution in [3.05, 3.63) is 53.1 Å². The standard InChI is InChI=1S/C20H21NO4/c1-13-17-11-19-18(24-12-25-19)10-15(17)6-7-21(13)20(22)9-14-4-3-5-16(8-14)23-2/h3-5,8,10-11,13H,6-7,9,12H2,1-2H3. The third kappa shape index (κ3) is 2.90. The number of rotatable bonds is 3. The maximum Gasteiger partial charge on any atom is 0.231 e. The number of carbonyl (C=O) groups excluding carboxylic acids is 1. The van der Waals surface area contributed by atoms with Gasteiger partial charge in [0.05, 0.1) is 19.6 Å². The first-order chi connectivity index (χ1) is 12.2. The lowest BCUT2D eigenvalue weighted by atomic mass is 9.92. The topological polar surface area (TPSA) is 48.0 Å². The van der Waals surface area contributed by atoms with Crippen LogP contribution in [-0.4, -0.2) is 31.3 Å². The molecule has 1 unspecified atom stereocenters. The van der Waals surface area contributed by atoms with Gasteiger partial charge in [0.15, 0.2) is 11.5 Å². The lowest BCUT2D eigenvalue weighted by molar-refractivity contribution is -0.133. The number of hydrogen-bond donors (Lipinski definition) is 0. The van der Waals surface area contributed by atoms with Crippen LogP contribution in [0.25, 0.3) is 0 Å². The molecule has 4 rings (SSSR count). The summed E-state index contributed by atoms with van der Waals surface area (Å²) in [6, 6.07) is 11.8. The average molecular weight is 339 g/mol. The minimum Gasteiger partial charge on any atom is -0.497 e. The van der Waals surface area contributed by atoms with Crippen LogP contribution in [0.1, 0.15) is 29.7 Å². The van der Waals surface area contributed by atoms with Crippen molar-refractivity contribution in [3.63, 3.8) is 0 Å². The molecule has 2 aliphatic rings. The highest BCUT2D eigenvalue weighted by atomic mass is 16.7. The van der Waals surface area contributed by atoms with Crippen molar-refractivity contribution in [2.24, 2.45) is 0 Å². The van der Waals surface area contributed by atoms with Crippen molar-refractivity contribution in [1.82, 2.24) is 4.90 Å². The van der Waals surface area contributed by atoms with Gasteiger partial charge < -0.3 is 19.1 Å². The second-order valence-corrected chi connectivity index (χ2v) is 6.45. The molecule has 0 saturated heterocycles. The minimum absolute atomic E-state index is 0.0244. The summed E-state index contributed by atoms with van der Waals surface area (Å²) in [5.41, 5.74) is 3.35. The van der Waals surface area contributed by atoms with Crippen molar-refractivity contribution < 1.29 is 19.0 Å². The van der Waals surface area contributed by atoms with Gasteiger partial charge in [-0.1, -0.05) is 12.1 Å². The molecule has 25 heavy (non-hydrogen) atoms. The first-order valence-corrected chi connectivity index (χ1v) is 8.50. The lowest BCUT2D eigenvalue weighted by Gasteiger charge is -2.35. The van der Waals surface area contributed by atoms with Crippen molar-refractivity contribution in [3.8, 4) is 17.2 Å². The predicted octanol–water partition coefficient (Wildman–Crippen LogP) is 3.11. The zero-order valence-corrected chi connectivity index (χ0v) is 14.5. The van der Waals surface area contributed by atoms with Crippen molar-refractivity contribution in [2.75, 3.05) is 20.4 Å². The SMILES string of the molecule is COc1cccc(CC(=O)N2CCc3cc4c(cc3C2C)OCO4)c1. The molecule has 2 aromatic carbocycles. The maximum absolute atomic E-state index is 12.9. The summed E-state index contributed by atoms with van der Waals surface area (Å²) >= 11 is 0. The molecule has 0 aliphatic carbocycles. The number of ether oxygens (including phenoxy) is 3. The molecule has 0 aromatic heterocycles. The van der Waals surface area contributed by atoms with Crippen LogP contribution in [-0.2, 0) is 17.6 Å². The summed E-state index contributed by atoms with van der Waals surface area (Å²) in [4.78, 5) is 14.8. The van der Waals surface area contributed by atoms with Crippen LogP contribution in [0, 0.1) is 0 Å². The molecule has 0 saturated carbocycles. The van der Waals surface area contributed by atoms with Gasteiger partial charge in [0.25, 0.3) is 0 Å². The molecule has 1 atom stereocenters. The third-order valence-corrected chi connectivity index (χ3v) is 4.98. The van der Waals surface area contributed by atoms with E-state index >= 15 is 0 Å². The highest BCUT2D eigenvalue weighted by Gasteiger charge is 2.30. The summed E-state index contributed by atoms with van der Waals surface area (Å²) in [5, 5.41) is 0. The van der Waals surface area contributed by atoms with Crippen LogP contribution in [0.2, 0.25) is 0 Å². The third-order valence-electron chi connectivity index (χ3n) is 4.98. The van der Waals surface area contributed by atoms with E-state index < -0.39 is 0 Å². The molecule has 1 amide bonds. The molecular weight excluding hydrogens is 318 g/mol. The van der Waals surface area contributed by atoms with E-state index in [0.717, 1.165) is 41.3 Å². The Balaban J connectivity index is 1.54. The molecule has 0 radical (unpaired) electrons. The lowest BCUT2D eigenvalue weighted by Crippen LogP contribution is -2.39. The number of hydrogen-bond acceptors (Lipinski definition) is 4. The van der Waals surface area contributed by atoms with Gasteiger partial charge in [-0.15, -0.1) is 0 Å². The Kier molecular flexibility index (Phi) is 3.99. The number of methoxy groups -OCH3 is 1. The van der Waals surface area contributed by atoms with Crippen molar-refractivity contribution in [2.45, 2.75) is 25.8 Å². The van der Waals surface area contributed by atoms with Crippen LogP contribution in [0.5, 0.6) is 17.2 Å². The highest BCUT2D eigenvalue weighted by Crippen LogP contribution is 2.40. The summed E-state index contributed by atoms with van der Waals surface area (Å²) < 4.78 is 16.2. The maximum atomic E-state index is 12.9. The van der Waals surface area contributed by atoms with Gasteiger partial charge >= 0.3 is 0 Å². The molecule has 0 bridgehead atoms. The molecular formula is C20H21NO4. The summed E-state index contributed by atoms with van der Waals surface area (Å²) in [6.07, 6.45) is 1.21. The predicted molar refractivity (Wildman–Crippen MR) is 93.1 cm³/mol. The molecule has 2 aromatic rings. The fraction of sp³-hybridized carbons (Fsp3) is 0.350. The van der Waals surface area contributed by atoms with Gasteiger partial charge in [-0.3, -0.25) is 4.79 Å².